The van der Waals surface area contributed by atoms with E-state index < -0.39 is 0 Å². The minimum absolute atomic E-state index is 0.0115. The van der Waals surface area contributed by atoms with E-state index in [1.54, 1.807) is 12.1 Å². The number of nitrogens with one attached hydrogen (secondary N) is 2. The van der Waals surface area contributed by atoms with Gasteiger partial charge in [0.1, 0.15) is 0 Å². The average molecular weight is 382 g/mol. The fourth-order valence-corrected chi connectivity index (χ4v) is 2.88. The second-order valence-corrected chi connectivity index (χ2v) is 6.68. The van der Waals surface area contributed by atoms with Gasteiger partial charge in [-0.05, 0) is 63.2 Å². The quantitative estimate of drug-likeness (QED) is 0.678. The highest BCUT2D eigenvalue weighted by Crippen LogP contribution is 2.10. The van der Waals surface area contributed by atoms with Crippen LogP contribution in [0.5, 0.6) is 0 Å². The Balaban J connectivity index is 1.53. The summed E-state index contributed by atoms with van der Waals surface area (Å²) >= 11 is 3.33. The number of carbonyl (C=O) groups excluding carboxylic acids is 2. The van der Waals surface area contributed by atoms with E-state index in [-0.39, 0.29) is 11.8 Å². The molecule has 1 saturated heterocycles. The first-order valence-corrected chi connectivity index (χ1v) is 8.97. The predicted molar refractivity (Wildman–Crippen MR) is 94.4 cm³/mol. The second kappa shape index (κ2) is 9.67. The summed E-state index contributed by atoms with van der Waals surface area (Å²) < 4.78 is 0.933. The molecule has 1 fully saturated rings. The summed E-state index contributed by atoms with van der Waals surface area (Å²) in [5.74, 6) is -0.165. The molecule has 23 heavy (non-hydrogen) atoms. The molecule has 0 spiro atoms. The zero-order valence-electron chi connectivity index (χ0n) is 13.3. The summed E-state index contributed by atoms with van der Waals surface area (Å²) in [5.41, 5.74) is 0.597. The van der Waals surface area contributed by atoms with Gasteiger partial charge in [0, 0.05) is 29.5 Å². The minimum atomic E-state index is -0.153. The number of amides is 2. The highest BCUT2D eigenvalue weighted by molar-refractivity contribution is 9.10. The van der Waals surface area contributed by atoms with Crippen LogP contribution in [0.15, 0.2) is 28.7 Å². The maximum absolute atomic E-state index is 11.9. The molecular formula is C17H24BrN3O2. The first-order chi connectivity index (χ1) is 11.1. The van der Waals surface area contributed by atoms with E-state index >= 15 is 0 Å². The van der Waals surface area contributed by atoms with E-state index in [2.05, 4.69) is 31.5 Å². The van der Waals surface area contributed by atoms with Gasteiger partial charge in [-0.2, -0.15) is 0 Å². The van der Waals surface area contributed by atoms with Crippen molar-refractivity contribution in [2.24, 2.45) is 0 Å². The van der Waals surface area contributed by atoms with Crippen LogP contribution < -0.4 is 10.6 Å². The third kappa shape index (κ3) is 6.71. The molecule has 0 aliphatic carbocycles. The Kier molecular flexibility index (Phi) is 7.55. The van der Waals surface area contributed by atoms with Gasteiger partial charge in [-0.25, -0.2) is 0 Å². The van der Waals surface area contributed by atoms with Crippen molar-refractivity contribution in [2.45, 2.75) is 25.7 Å². The topological polar surface area (TPSA) is 61.4 Å². The van der Waals surface area contributed by atoms with Crippen LogP contribution in [0.3, 0.4) is 0 Å². The summed E-state index contributed by atoms with van der Waals surface area (Å²) in [6.45, 7) is 4.50. The van der Waals surface area contributed by atoms with Crippen LogP contribution in [0.1, 0.15) is 36.0 Å². The lowest BCUT2D eigenvalue weighted by Crippen LogP contribution is -2.32. The van der Waals surface area contributed by atoms with Gasteiger partial charge >= 0.3 is 0 Å². The standard InChI is InChI=1S/C17H24BrN3O2/c18-15-6-4-14(5-7-15)17(23)20-10-8-16(22)19-9-3-13-21-11-1-2-12-21/h4-7H,1-3,8-13H2,(H,19,22)(H,20,23). The first-order valence-electron chi connectivity index (χ1n) is 8.18. The van der Waals surface area contributed by atoms with Gasteiger partial charge in [-0.1, -0.05) is 15.9 Å². The number of carbonyl (C=O) groups is 2. The van der Waals surface area contributed by atoms with E-state index in [1.165, 1.54) is 25.9 Å². The zero-order chi connectivity index (χ0) is 16.5. The van der Waals surface area contributed by atoms with Crippen LogP contribution >= 0.6 is 15.9 Å². The SMILES string of the molecule is O=C(CCNC(=O)c1ccc(Br)cc1)NCCCN1CCCC1. The van der Waals surface area contributed by atoms with Crippen molar-refractivity contribution in [1.29, 1.82) is 0 Å². The Hall–Kier alpha value is -1.40. The molecule has 2 amide bonds. The molecule has 0 unspecified atom stereocenters. The molecule has 1 aromatic rings. The van der Waals surface area contributed by atoms with Gasteiger partial charge in [0.2, 0.25) is 5.91 Å². The number of hydrogen-bond acceptors (Lipinski definition) is 3. The Labute approximate surface area is 145 Å². The van der Waals surface area contributed by atoms with Crippen molar-refractivity contribution in [3.8, 4) is 0 Å². The summed E-state index contributed by atoms with van der Waals surface area (Å²) in [7, 11) is 0. The van der Waals surface area contributed by atoms with Gasteiger partial charge in [-0.3, -0.25) is 9.59 Å². The van der Waals surface area contributed by atoms with Crippen molar-refractivity contribution in [3.63, 3.8) is 0 Å². The van der Waals surface area contributed by atoms with E-state index in [9.17, 15) is 9.59 Å². The van der Waals surface area contributed by atoms with E-state index in [1.807, 2.05) is 12.1 Å². The van der Waals surface area contributed by atoms with Crippen molar-refractivity contribution in [2.75, 3.05) is 32.7 Å². The van der Waals surface area contributed by atoms with Crippen LogP contribution in [0.2, 0.25) is 0 Å². The highest BCUT2D eigenvalue weighted by Gasteiger charge is 2.10. The molecule has 0 radical (unpaired) electrons. The van der Waals surface area contributed by atoms with Crippen LogP contribution in [-0.2, 0) is 4.79 Å². The Morgan fingerprint density at radius 2 is 1.74 bits per heavy atom. The van der Waals surface area contributed by atoms with Crippen molar-refractivity contribution < 1.29 is 9.59 Å². The fraction of sp³-hybridized carbons (Fsp3) is 0.529. The molecule has 1 aliphatic heterocycles. The normalized spacial score (nSPS) is 14.7. The van der Waals surface area contributed by atoms with Crippen molar-refractivity contribution in [3.05, 3.63) is 34.3 Å². The number of halogens is 1. The third-order valence-corrected chi connectivity index (χ3v) is 4.44. The van der Waals surface area contributed by atoms with Gasteiger partial charge in [0.05, 0.1) is 0 Å². The number of benzene rings is 1. The minimum Gasteiger partial charge on any atom is -0.356 e. The zero-order valence-corrected chi connectivity index (χ0v) is 14.9. The molecule has 1 aliphatic rings. The molecule has 126 valence electrons. The molecule has 1 aromatic carbocycles. The Morgan fingerprint density at radius 3 is 2.43 bits per heavy atom. The lowest BCUT2D eigenvalue weighted by atomic mass is 10.2. The van der Waals surface area contributed by atoms with Crippen LogP contribution in [-0.4, -0.2) is 49.4 Å². The average Bonchev–Trinajstić information content (AvgIpc) is 3.05. The first kappa shape index (κ1) is 17.9. The molecular weight excluding hydrogens is 358 g/mol. The smallest absolute Gasteiger partial charge is 0.251 e. The molecule has 2 rings (SSSR count). The van der Waals surface area contributed by atoms with Gasteiger partial charge in [0.15, 0.2) is 0 Å². The highest BCUT2D eigenvalue weighted by atomic mass is 79.9. The lowest BCUT2D eigenvalue weighted by molar-refractivity contribution is -0.120. The van der Waals surface area contributed by atoms with Gasteiger partial charge < -0.3 is 15.5 Å². The van der Waals surface area contributed by atoms with Crippen molar-refractivity contribution in [1.82, 2.24) is 15.5 Å². The molecule has 0 aromatic heterocycles. The van der Waals surface area contributed by atoms with Crippen molar-refractivity contribution >= 4 is 27.7 Å². The fourth-order valence-electron chi connectivity index (χ4n) is 2.62. The summed E-state index contributed by atoms with van der Waals surface area (Å²) in [4.78, 5) is 26.0. The lowest BCUT2D eigenvalue weighted by Gasteiger charge is -2.14. The van der Waals surface area contributed by atoms with E-state index in [0.717, 1.165) is 17.4 Å². The summed E-state index contributed by atoms with van der Waals surface area (Å²) in [5, 5.41) is 5.67. The van der Waals surface area contributed by atoms with E-state index in [4.69, 9.17) is 0 Å². The van der Waals surface area contributed by atoms with Crippen LogP contribution in [0.25, 0.3) is 0 Å². The Bertz CT molecular complexity index is 513. The molecule has 2 N–H and O–H groups in total. The monoisotopic (exact) mass is 381 g/mol. The summed E-state index contributed by atoms with van der Waals surface area (Å²) in [6.07, 6.45) is 3.89. The number of hydrogen-bond donors (Lipinski definition) is 2. The number of nitrogens with zero attached hydrogens (tertiary/aromatic N) is 1. The number of rotatable bonds is 8. The summed E-state index contributed by atoms with van der Waals surface area (Å²) in [6, 6.07) is 7.14. The molecule has 5 nitrogen and oxygen atoms in total. The third-order valence-electron chi connectivity index (χ3n) is 3.92. The van der Waals surface area contributed by atoms with Crippen LogP contribution in [0.4, 0.5) is 0 Å². The maximum Gasteiger partial charge on any atom is 0.251 e. The maximum atomic E-state index is 11.9. The molecule has 0 bridgehead atoms. The number of likely N-dealkylation sites (tertiary alicyclic amines) is 1. The second-order valence-electron chi connectivity index (χ2n) is 5.77. The molecule has 1 heterocycles. The Morgan fingerprint density at radius 1 is 1.04 bits per heavy atom. The predicted octanol–water partition coefficient (Wildman–Crippen LogP) is 2.17. The van der Waals surface area contributed by atoms with E-state index in [0.29, 0.717) is 25.1 Å². The largest absolute Gasteiger partial charge is 0.356 e. The van der Waals surface area contributed by atoms with Crippen LogP contribution in [0, 0.1) is 0 Å². The van der Waals surface area contributed by atoms with Gasteiger partial charge in [0.25, 0.3) is 5.91 Å². The van der Waals surface area contributed by atoms with Gasteiger partial charge in [-0.15, -0.1) is 0 Å². The molecule has 6 heteroatoms. The molecule has 0 saturated carbocycles. The molecule has 0 atom stereocenters.